The van der Waals surface area contributed by atoms with E-state index in [2.05, 4.69) is 51.1 Å². The molecule has 5 aromatic rings. The first-order chi connectivity index (χ1) is 19.5. The van der Waals surface area contributed by atoms with Crippen molar-refractivity contribution in [3.63, 3.8) is 0 Å². The van der Waals surface area contributed by atoms with E-state index >= 15 is 0 Å². The Balaban J connectivity index is 1.43. The van der Waals surface area contributed by atoms with E-state index in [0.717, 1.165) is 24.8 Å². The van der Waals surface area contributed by atoms with E-state index in [1.54, 1.807) is 18.3 Å². The van der Waals surface area contributed by atoms with E-state index < -0.39 is 6.04 Å². The van der Waals surface area contributed by atoms with Crippen molar-refractivity contribution in [2.75, 3.05) is 10.6 Å². The summed E-state index contributed by atoms with van der Waals surface area (Å²) in [5.41, 5.74) is 4.84. The lowest BCUT2D eigenvalue weighted by Gasteiger charge is -2.22. The number of nitriles is 1. The van der Waals surface area contributed by atoms with Gasteiger partial charge < -0.3 is 10.6 Å². The third-order valence-corrected chi connectivity index (χ3v) is 7.50. The average Bonchev–Trinajstić information content (AvgIpc) is 3.71. The van der Waals surface area contributed by atoms with Gasteiger partial charge in [0.05, 0.1) is 46.1 Å². The summed E-state index contributed by atoms with van der Waals surface area (Å²) in [5, 5.41) is 26.9. The van der Waals surface area contributed by atoms with Gasteiger partial charge in [-0.1, -0.05) is 66.2 Å². The molecule has 1 aliphatic carbocycles. The monoisotopic (exact) mass is 551 g/mol. The zero-order valence-electron chi connectivity index (χ0n) is 21.9. The zero-order valence-corrected chi connectivity index (χ0v) is 22.6. The molecule has 0 saturated heterocycles. The van der Waals surface area contributed by atoms with Gasteiger partial charge in [-0.3, -0.25) is 4.98 Å². The van der Waals surface area contributed by atoms with Gasteiger partial charge in [0.2, 0.25) is 0 Å². The smallest absolute Gasteiger partial charge is 0.123 e. The number of aromatic nitrogens is 4. The average molecular weight is 552 g/mol. The van der Waals surface area contributed by atoms with Crippen LogP contribution in [0, 0.1) is 17.1 Å². The quantitative estimate of drug-likeness (QED) is 0.196. The second kappa shape index (κ2) is 10.9. The highest BCUT2D eigenvalue weighted by atomic mass is 35.5. The molecule has 1 saturated carbocycles. The van der Waals surface area contributed by atoms with Gasteiger partial charge in [-0.2, -0.15) is 5.26 Å². The maximum Gasteiger partial charge on any atom is 0.123 e. The number of benzene rings is 3. The molecule has 7 nitrogen and oxygen atoms in total. The summed E-state index contributed by atoms with van der Waals surface area (Å²) in [5.74, 6) is -0.337. The topological polar surface area (TPSA) is 91.5 Å². The van der Waals surface area contributed by atoms with Gasteiger partial charge in [0, 0.05) is 17.3 Å². The molecule has 200 valence electrons. The summed E-state index contributed by atoms with van der Waals surface area (Å²) in [6, 6.07) is 22.4. The maximum absolute atomic E-state index is 14.3. The predicted octanol–water partition coefficient (Wildman–Crippen LogP) is 7.59. The van der Waals surface area contributed by atoms with E-state index in [4.69, 9.17) is 11.6 Å². The molecular formula is C31H27ClFN7. The molecule has 0 bridgehead atoms. The fraction of sp³-hybridized carbons (Fsp3) is 0.226. The number of rotatable bonds is 9. The highest BCUT2D eigenvalue weighted by Gasteiger charge is 2.27. The Bertz CT molecular complexity index is 1710. The summed E-state index contributed by atoms with van der Waals surface area (Å²) in [7, 11) is 0. The lowest BCUT2D eigenvalue weighted by Crippen LogP contribution is -2.14. The molecule has 2 atom stereocenters. The molecule has 3 aromatic carbocycles. The second-order valence-corrected chi connectivity index (χ2v) is 10.4. The normalized spacial score (nSPS) is 14.4. The van der Waals surface area contributed by atoms with E-state index in [1.165, 1.54) is 12.1 Å². The highest BCUT2D eigenvalue weighted by Crippen LogP contribution is 2.38. The van der Waals surface area contributed by atoms with Gasteiger partial charge in [-0.15, -0.1) is 5.10 Å². The van der Waals surface area contributed by atoms with Gasteiger partial charge in [-0.25, -0.2) is 9.07 Å². The van der Waals surface area contributed by atoms with Crippen LogP contribution in [0.2, 0.25) is 5.02 Å². The molecule has 0 spiro atoms. The molecule has 2 aromatic heterocycles. The van der Waals surface area contributed by atoms with Crippen LogP contribution < -0.4 is 10.6 Å². The molecular weight excluding hydrogens is 525 g/mol. The summed E-state index contributed by atoms with van der Waals surface area (Å²) in [6.07, 6.45) is 6.42. The number of hydrogen-bond acceptors (Lipinski definition) is 6. The van der Waals surface area contributed by atoms with Crippen LogP contribution in [-0.4, -0.2) is 20.0 Å². The first-order valence-corrected chi connectivity index (χ1v) is 13.7. The molecule has 6 rings (SSSR count). The summed E-state index contributed by atoms with van der Waals surface area (Å²) < 4.78 is 16.2. The lowest BCUT2D eigenvalue weighted by molar-refractivity contribution is 0.610. The minimum Gasteiger partial charge on any atom is -0.377 e. The number of pyridine rings is 1. The number of halogens is 2. The molecule has 0 aliphatic heterocycles. The van der Waals surface area contributed by atoms with Gasteiger partial charge in [0.15, 0.2) is 0 Å². The highest BCUT2D eigenvalue weighted by molar-refractivity contribution is 6.35. The fourth-order valence-corrected chi connectivity index (χ4v) is 5.25. The Morgan fingerprint density at radius 2 is 1.88 bits per heavy atom. The second-order valence-electron chi connectivity index (χ2n) is 10.0. The van der Waals surface area contributed by atoms with Crippen molar-refractivity contribution >= 4 is 33.9 Å². The summed E-state index contributed by atoms with van der Waals surface area (Å²) >= 11 is 6.77. The van der Waals surface area contributed by atoms with Gasteiger partial charge in [0.25, 0.3) is 0 Å². The van der Waals surface area contributed by atoms with Crippen molar-refractivity contribution in [3.8, 4) is 6.07 Å². The third kappa shape index (κ3) is 5.21. The molecule has 0 radical (unpaired) electrons. The van der Waals surface area contributed by atoms with Crippen molar-refractivity contribution in [1.82, 2.24) is 20.0 Å². The van der Waals surface area contributed by atoms with Crippen LogP contribution in [0.1, 0.15) is 66.7 Å². The molecule has 2 heterocycles. The molecule has 1 fully saturated rings. The van der Waals surface area contributed by atoms with Crippen molar-refractivity contribution < 1.29 is 4.39 Å². The van der Waals surface area contributed by atoms with E-state index in [-0.39, 0.29) is 11.9 Å². The molecule has 9 heteroatoms. The van der Waals surface area contributed by atoms with Crippen molar-refractivity contribution in [2.45, 2.75) is 44.3 Å². The van der Waals surface area contributed by atoms with Crippen LogP contribution >= 0.6 is 11.6 Å². The fourth-order valence-electron chi connectivity index (χ4n) is 4.98. The number of nitrogens with one attached hydrogen (secondary N) is 2. The number of hydrogen-bond donors (Lipinski definition) is 2. The van der Waals surface area contributed by atoms with Crippen molar-refractivity contribution in [2.24, 2.45) is 0 Å². The van der Waals surface area contributed by atoms with Gasteiger partial charge in [-0.05, 0) is 54.7 Å². The third-order valence-electron chi connectivity index (χ3n) is 7.21. The van der Waals surface area contributed by atoms with Crippen LogP contribution in [0.25, 0.3) is 10.9 Å². The summed E-state index contributed by atoms with van der Waals surface area (Å²) in [4.78, 5) is 4.50. The molecule has 2 unspecified atom stereocenters. The van der Waals surface area contributed by atoms with Crippen molar-refractivity contribution in [3.05, 3.63) is 112 Å². The SMILES string of the molecule is CCC(Nc1c(C#N)cnc2c(Cl)cc(NC(c3cccc(F)c3)c3cn(C4CC4)nn3)cc12)c1ccccc1. The number of fused-ring (bicyclic) bond motifs is 1. The first kappa shape index (κ1) is 25.8. The van der Waals surface area contributed by atoms with E-state index in [0.29, 0.717) is 50.2 Å². The Hall–Kier alpha value is -4.48. The molecule has 1 aliphatic rings. The van der Waals surface area contributed by atoms with E-state index in [1.807, 2.05) is 41.2 Å². The largest absolute Gasteiger partial charge is 0.377 e. The Morgan fingerprint density at radius 1 is 1.07 bits per heavy atom. The van der Waals surface area contributed by atoms with Crippen molar-refractivity contribution in [1.29, 1.82) is 5.26 Å². The number of anilines is 2. The van der Waals surface area contributed by atoms with Crippen LogP contribution in [0.4, 0.5) is 15.8 Å². The Kier molecular flexibility index (Phi) is 7.06. The van der Waals surface area contributed by atoms with Crippen LogP contribution in [0.15, 0.2) is 79.1 Å². The Morgan fingerprint density at radius 3 is 2.60 bits per heavy atom. The van der Waals surface area contributed by atoms with Crippen LogP contribution in [-0.2, 0) is 0 Å². The number of nitrogens with zero attached hydrogens (tertiary/aromatic N) is 5. The van der Waals surface area contributed by atoms with Crippen LogP contribution in [0.5, 0.6) is 0 Å². The minimum atomic E-state index is -0.479. The molecule has 2 N–H and O–H groups in total. The summed E-state index contributed by atoms with van der Waals surface area (Å²) in [6.45, 7) is 2.10. The Labute approximate surface area is 236 Å². The standard InChI is InChI=1S/C31H27ClFN7/c1-2-27(19-7-4-3-5-8-19)37-29-21(16-34)17-35-31-25(29)14-23(15-26(31)32)36-30(20-9-6-10-22(33)13-20)28-18-40(39-38-28)24-11-12-24/h3-10,13-15,17-18,24,27,30,36H,2,11-12H2,1H3,(H,35,37). The molecule has 0 amide bonds. The molecule has 40 heavy (non-hydrogen) atoms. The lowest BCUT2D eigenvalue weighted by atomic mass is 10.0. The first-order valence-electron chi connectivity index (χ1n) is 13.3. The van der Waals surface area contributed by atoms with Crippen LogP contribution in [0.3, 0.4) is 0 Å². The minimum absolute atomic E-state index is 0.0215. The maximum atomic E-state index is 14.3. The predicted molar refractivity (Wildman–Crippen MR) is 155 cm³/mol. The van der Waals surface area contributed by atoms with Gasteiger partial charge in [0.1, 0.15) is 17.6 Å². The van der Waals surface area contributed by atoms with Gasteiger partial charge >= 0.3 is 0 Å². The zero-order chi connectivity index (χ0) is 27.6. The van der Waals surface area contributed by atoms with E-state index in [9.17, 15) is 9.65 Å².